The summed E-state index contributed by atoms with van der Waals surface area (Å²) in [6.07, 6.45) is 2.51. The van der Waals surface area contributed by atoms with Gasteiger partial charge in [-0.05, 0) is 38.3 Å². The first-order valence-electron chi connectivity index (χ1n) is 8.07. The summed E-state index contributed by atoms with van der Waals surface area (Å²) < 4.78 is 5.23. The monoisotopic (exact) mass is 339 g/mol. The van der Waals surface area contributed by atoms with Crippen molar-refractivity contribution < 1.29 is 9.53 Å². The zero-order valence-electron chi connectivity index (χ0n) is 14.1. The zero-order chi connectivity index (χ0) is 17.0. The summed E-state index contributed by atoms with van der Waals surface area (Å²) in [5, 5.41) is 3.33. The number of hydrogen-bond acceptors (Lipinski definition) is 4. The third-order valence-corrected chi connectivity index (χ3v) is 4.76. The highest BCUT2D eigenvalue weighted by Gasteiger charge is 2.22. The standard InChI is InChI=1S/C17H26ClN3O2/c1-11-5-4-6-21(10-11)12(2)9-20-17(22)13-7-14(18)15(19)8-16(13)23-3/h7-8,11-12H,4-6,9-10,19H2,1-3H3,(H,20,22). The molecule has 1 fully saturated rings. The molecule has 5 nitrogen and oxygen atoms in total. The van der Waals surface area contributed by atoms with E-state index in [0.29, 0.717) is 34.6 Å². The van der Waals surface area contributed by atoms with Crippen molar-refractivity contribution in [3.05, 3.63) is 22.7 Å². The second-order valence-electron chi connectivity index (χ2n) is 6.38. The second-order valence-corrected chi connectivity index (χ2v) is 6.78. The highest BCUT2D eigenvalue weighted by Crippen LogP contribution is 2.28. The van der Waals surface area contributed by atoms with E-state index in [4.69, 9.17) is 22.1 Å². The van der Waals surface area contributed by atoms with E-state index in [2.05, 4.69) is 24.1 Å². The summed E-state index contributed by atoms with van der Waals surface area (Å²) in [4.78, 5) is 14.9. The molecule has 1 saturated heterocycles. The Hall–Kier alpha value is -1.46. The molecule has 1 amide bonds. The Kier molecular flexibility index (Phi) is 6.13. The number of anilines is 1. The highest BCUT2D eigenvalue weighted by atomic mass is 35.5. The SMILES string of the molecule is COc1cc(N)c(Cl)cc1C(=O)NCC(C)N1CCCC(C)C1. The molecule has 3 N–H and O–H groups in total. The van der Waals surface area contributed by atoms with E-state index in [-0.39, 0.29) is 5.91 Å². The van der Waals surface area contributed by atoms with E-state index < -0.39 is 0 Å². The maximum absolute atomic E-state index is 12.4. The molecule has 0 spiro atoms. The number of nitrogens with one attached hydrogen (secondary N) is 1. The number of benzene rings is 1. The van der Waals surface area contributed by atoms with Gasteiger partial charge in [0.25, 0.3) is 5.91 Å². The van der Waals surface area contributed by atoms with Gasteiger partial charge in [0.1, 0.15) is 5.75 Å². The van der Waals surface area contributed by atoms with Crippen LogP contribution in [0.2, 0.25) is 5.02 Å². The number of hydrogen-bond donors (Lipinski definition) is 2. The number of piperidine rings is 1. The Morgan fingerprint density at radius 1 is 1.57 bits per heavy atom. The number of nitrogens with two attached hydrogens (primary N) is 1. The topological polar surface area (TPSA) is 67.6 Å². The number of methoxy groups -OCH3 is 1. The smallest absolute Gasteiger partial charge is 0.255 e. The first-order valence-corrected chi connectivity index (χ1v) is 8.45. The van der Waals surface area contributed by atoms with Crippen LogP contribution in [0.25, 0.3) is 0 Å². The van der Waals surface area contributed by atoms with Crippen LogP contribution < -0.4 is 15.8 Å². The van der Waals surface area contributed by atoms with E-state index in [1.807, 2.05) is 0 Å². The maximum Gasteiger partial charge on any atom is 0.255 e. The Bertz CT molecular complexity index is 565. The van der Waals surface area contributed by atoms with Gasteiger partial charge < -0.3 is 15.8 Å². The van der Waals surface area contributed by atoms with E-state index in [9.17, 15) is 4.79 Å². The number of carbonyl (C=O) groups is 1. The van der Waals surface area contributed by atoms with Gasteiger partial charge in [0, 0.05) is 25.2 Å². The third-order valence-electron chi connectivity index (χ3n) is 4.43. The van der Waals surface area contributed by atoms with Crippen molar-refractivity contribution in [3.63, 3.8) is 0 Å². The number of rotatable bonds is 5. The number of ether oxygens (including phenoxy) is 1. The first kappa shape index (κ1) is 17.9. The molecule has 0 radical (unpaired) electrons. The van der Waals surface area contributed by atoms with Gasteiger partial charge in [-0.2, -0.15) is 0 Å². The molecule has 1 aromatic rings. The van der Waals surface area contributed by atoms with Crippen molar-refractivity contribution >= 4 is 23.2 Å². The molecule has 128 valence electrons. The summed E-state index contributed by atoms with van der Waals surface area (Å²) in [6.45, 7) is 7.20. The molecule has 0 saturated carbocycles. The predicted octanol–water partition coefficient (Wildman–Crippen LogP) is 2.78. The first-order chi connectivity index (χ1) is 10.9. The number of amides is 1. The van der Waals surface area contributed by atoms with Crippen molar-refractivity contribution in [2.45, 2.75) is 32.7 Å². The van der Waals surface area contributed by atoms with Crippen LogP contribution in [-0.4, -0.2) is 43.6 Å². The number of carbonyl (C=O) groups excluding carboxylic acids is 1. The minimum Gasteiger partial charge on any atom is -0.496 e. The lowest BCUT2D eigenvalue weighted by Gasteiger charge is -2.35. The normalized spacial score (nSPS) is 20.1. The van der Waals surface area contributed by atoms with Crippen LogP contribution >= 0.6 is 11.6 Å². The molecule has 1 aromatic carbocycles. The van der Waals surface area contributed by atoms with Crippen LogP contribution in [0.3, 0.4) is 0 Å². The number of halogens is 1. The molecule has 6 heteroatoms. The summed E-state index contributed by atoms with van der Waals surface area (Å²) in [5.74, 6) is 0.960. The Morgan fingerprint density at radius 3 is 2.96 bits per heavy atom. The minimum atomic E-state index is -0.194. The second kappa shape index (κ2) is 7.88. The summed E-state index contributed by atoms with van der Waals surface area (Å²) in [5.41, 5.74) is 6.55. The van der Waals surface area contributed by atoms with Gasteiger partial charge in [0.05, 0.1) is 23.4 Å². The lowest BCUT2D eigenvalue weighted by Crippen LogP contribution is -2.46. The molecule has 2 unspecified atom stereocenters. The van der Waals surface area contributed by atoms with E-state index in [1.165, 1.54) is 20.0 Å². The Morgan fingerprint density at radius 2 is 2.30 bits per heavy atom. The van der Waals surface area contributed by atoms with Gasteiger partial charge in [-0.1, -0.05) is 18.5 Å². The molecule has 2 rings (SSSR count). The van der Waals surface area contributed by atoms with Crippen molar-refractivity contribution in [3.8, 4) is 5.75 Å². The van der Waals surface area contributed by atoms with Crippen molar-refractivity contribution in [1.29, 1.82) is 0 Å². The molecule has 0 aromatic heterocycles. The lowest BCUT2D eigenvalue weighted by atomic mass is 9.99. The average Bonchev–Trinajstić information content (AvgIpc) is 2.54. The summed E-state index contributed by atoms with van der Waals surface area (Å²) in [6, 6.07) is 3.43. The Labute approximate surface area is 143 Å². The Balaban J connectivity index is 1.98. The largest absolute Gasteiger partial charge is 0.496 e. The van der Waals surface area contributed by atoms with Crippen molar-refractivity contribution in [1.82, 2.24) is 10.2 Å². The third kappa shape index (κ3) is 4.52. The van der Waals surface area contributed by atoms with Crippen LogP contribution in [0.1, 0.15) is 37.0 Å². The molecular formula is C17H26ClN3O2. The van der Waals surface area contributed by atoms with Gasteiger partial charge in [0.15, 0.2) is 0 Å². The fraction of sp³-hybridized carbons (Fsp3) is 0.588. The maximum atomic E-state index is 12.4. The average molecular weight is 340 g/mol. The number of nitrogens with zero attached hydrogens (tertiary/aromatic N) is 1. The van der Waals surface area contributed by atoms with Gasteiger partial charge in [0.2, 0.25) is 0 Å². The molecule has 0 bridgehead atoms. The zero-order valence-corrected chi connectivity index (χ0v) is 14.8. The van der Waals surface area contributed by atoms with E-state index in [1.54, 1.807) is 12.1 Å². The molecule has 0 aliphatic carbocycles. The molecule has 2 atom stereocenters. The number of nitrogen functional groups attached to an aromatic ring is 1. The molecule has 1 aliphatic rings. The van der Waals surface area contributed by atoms with Gasteiger partial charge in [-0.3, -0.25) is 9.69 Å². The molecule has 1 aliphatic heterocycles. The van der Waals surface area contributed by atoms with Crippen LogP contribution in [0.15, 0.2) is 12.1 Å². The van der Waals surface area contributed by atoms with Crippen molar-refractivity contribution in [2.75, 3.05) is 32.5 Å². The fourth-order valence-electron chi connectivity index (χ4n) is 3.01. The van der Waals surface area contributed by atoms with Crippen LogP contribution in [0.5, 0.6) is 5.75 Å². The summed E-state index contributed by atoms with van der Waals surface area (Å²) >= 11 is 6.02. The minimum absolute atomic E-state index is 0.194. The van der Waals surface area contributed by atoms with Gasteiger partial charge >= 0.3 is 0 Å². The molecule has 23 heavy (non-hydrogen) atoms. The van der Waals surface area contributed by atoms with Gasteiger partial charge in [-0.15, -0.1) is 0 Å². The number of likely N-dealkylation sites (tertiary alicyclic amines) is 1. The van der Waals surface area contributed by atoms with E-state index >= 15 is 0 Å². The van der Waals surface area contributed by atoms with Gasteiger partial charge in [-0.25, -0.2) is 0 Å². The fourth-order valence-corrected chi connectivity index (χ4v) is 3.17. The van der Waals surface area contributed by atoms with Crippen LogP contribution in [0, 0.1) is 5.92 Å². The molecular weight excluding hydrogens is 314 g/mol. The van der Waals surface area contributed by atoms with Crippen LogP contribution in [-0.2, 0) is 0 Å². The summed E-state index contributed by atoms with van der Waals surface area (Å²) in [7, 11) is 1.51. The predicted molar refractivity (Wildman–Crippen MR) is 94.2 cm³/mol. The highest BCUT2D eigenvalue weighted by molar-refractivity contribution is 6.33. The quantitative estimate of drug-likeness (QED) is 0.809. The lowest BCUT2D eigenvalue weighted by molar-refractivity contribution is 0.0914. The molecule has 1 heterocycles. The van der Waals surface area contributed by atoms with Crippen LogP contribution in [0.4, 0.5) is 5.69 Å². The van der Waals surface area contributed by atoms with E-state index in [0.717, 1.165) is 19.0 Å². The van der Waals surface area contributed by atoms with Crippen molar-refractivity contribution in [2.24, 2.45) is 5.92 Å².